The maximum absolute atomic E-state index is 11.1. The van der Waals surface area contributed by atoms with Crippen LogP contribution in [0.5, 0.6) is 0 Å². The molecule has 21 heavy (non-hydrogen) atoms. The number of benzene rings is 1. The van der Waals surface area contributed by atoms with Gasteiger partial charge in [-0.05, 0) is 36.4 Å². The number of carbonyl (C=O) groups is 1. The van der Waals surface area contributed by atoms with Gasteiger partial charge in [-0.3, -0.25) is 4.79 Å². The maximum atomic E-state index is 11.1. The number of hydrogen-bond donors (Lipinski definition) is 1. The minimum atomic E-state index is -0.927. The topological polar surface area (TPSA) is 99.5 Å². The summed E-state index contributed by atoms with van der Waals surface area (Å²) in [6, 6.07) is 10.7. The quantitative estimate of drug-likeness (QED) is 0.800. The molecule has 6 nitrogen and oxygen atoms in total. The highest BCUT2D eigenvalue weighted by Crippen LogP contribution is 2.24. The van der Waals surface area contributed by atoms with Crippen molar-refractivity contribution in [2.75, 3.05) is 0 Å². The average Bonchev–Trinajstić information content (AvgIpc) is 2.78. The lowest BCUT2D eigenvalue weighted by atomic mass is 10.2. The molecular weight excluding hydrogens is 294 g/mol. The van der Waals surface area contributed by atoms with Crippen molar-refractivity contribution in [3.05, 3.63) is 47.6 Å². The van der Waals surface area contributed by atoms with Crippen LogP contribution < -0.4 is 0 Å². The van der Waals surface area contributed by atoms with Crippen LogP contribution in [0.25, 0.3) is 22.6 Å². The lowest BCUT2D eigenvalue weighted by Crippen LogP contribution is -2.10. The monoisotopic (exact) mass is 305 g/mol. The van der Waals surface area contributed by atoms with Gasteiger partial charge in [-0.25, -0.2) is 9.97 Å². The summed E-state index contributed by atoms with van der Waals surface area (Å²) in [5.41, 5.74) is 2.02. The van der Waals surface area contributed by atoms with E-state index >= 15 is 0 Å². The average molecular weight is 306 g/mol. The molecule has 3 N–H and O–H groups in total. The van der Waals surface area contributed by atoms with Gasteiger partial charge in [0.15, 0.2) is 5.65 Å². The molecule has 0 saturated heterocycles. The second kappa shape index (κ2) is 5.90. The van der Waals surface area contributed by atoms with Gasteiger partial charge in [-0.1, -0.05) is 11.6 Å². The molecule has 0 fully saturated rings. The third-order valence-corrected chi connectivity index (χ3v) is 3.17. The van der Waals surface area contributed by atoms with Crippen molar-refractivity contribution in [2.45, 2.75) is 6.54 Å². The van der Waals surface area contributed by atoms with Gasteiger partial charge in [-0.2, -0.15) is 0 Å². The van der Waals surface area contributed by atoms with Crippen molar-refractivity contribution in [3.8, 4) is 11.4 Å². The zero-order valence-electron chi connectivity index (χ0n) is 10.8. The molecule has 7 heteroatoms. The number of aromatic nitrogens is 3. The summed E-state index contributed by atoms with van der Waals surface area (Å²) in [6.07, 6.45) is 1.63. The fourth-order valence-corrected chi connectivity index (χ4v) is 2.20. The molecule has 0 atom stereocenters. The molecule has 0 aliphatic heterocycles. The Labute approximate surface area is 124 Å². The summed E-state index contributed by atoms with van der Waals surface area (Å²) in [5.74, 6) is -0.360. The van der Waals surface area contributed by atoms with Crippen molar-refractivity contribution >= 4 is 28.7 Å². The van der Waals surface area contributed by atoms with Crippen LogP contribution in [0.3, 0.4) is 0 Å². The number of nitrogens with zero attached hydrogens (tertiary/aromatic N) is 3. The van der Waals surface area contributed by atoms with E-state index in [-0.39, 0.29) is 12.0 Å². The minimum Gasteiger partial charge on any atom is -0.480 e. The maximum Gasteiger partial charge on any atom is 0.323 e. The van der Waals surface area contributed by atoms with Crippen LogP contribution in [0, 0.1) is 0 Å². The highest BCUT2D eigenvalue weighted by molar-refractivity contribution is 6.30. The molecule has 3 rings (SSSR count). The Morgan fingerprint density at radius 2 is 1.95 bits per heavy atom. The standard InChI is InChI=1S/C14H10ClN3O2.H2O/c15-10-5-3-9(4-6-10)14-17-13-11(2-1-7-16-13)18(14)8-12(19)20;/h1-7H,8H2,(H,19,20);1H2. The molecular formula is C14H12ClN3O3. The Balaban J connectivity index is 0.00000161. The molecule has 2 heterocycles. The van der Waals surface area contributed by atoms with Crippen molar-refractivity contribution in [2.24, 2.45) is 0 Å². The molecule has 0 radical (unpaired) electrons. The second-order valence-corrected chi connectivity index (χ2v) is 4.70. The van der Waals surface area contributed by atoms with Gasteiger partial charge in [0, 0.05) is 16.8 Å². The number of aliphatic carboxylic acids is 1. The molecule has 0 aliphatic rings. The van der Waals surface area contributed by atoms with E-state index in [4.69, 9.17) is 16.7 Å². The van der Waals surface area contributed by atoms with Gasteiger partial charge in [-0.15, -0.1) is 0 Å². The van der Waals surface area contributed by atoms with E-state index in [0.29, 0.717) is 22.0 Å². The molecule has 0 spiro atoms. The van der Waals surface area contributed by atoms with Crippen molar-refractivity contribution in [1.29, 1.82) is 0 Å². The van der Waals surface area contributed by atoms with E-state index in [9.17, 15) is 4.79 Å². The molecule has 2 aromatic heterocycles. The first-order valence-corrected chi connectivity index (χ1v) is 6.32. The molecule has 0 saturated carbocycles. The molecule has 0 amide bonds. The lowest BCUT2D eigenvalue weighted by Gasteiger charge is -2.06. The number of fused-ring (bicyclic) bond motifs is 1. The third-order valence-electron chi connectivity index (χ3n) is 2.92. The molecule has 0 unspecified atom stereocenters. The SMILES string of the molecule is O.O=C(O)Cn1c(-c2ccc(Cl)cc2)nc2ncccc21. The largest absolute Gasteiger partial charge is 0.480 e. The lowest BCUT2D eigenvalue weighted by molar-refractivity contribution is -0.137. The number of imidazole rings is 1. The third kappa shape index (κ3) is 2.86. The van der Waals surface area contributed by atoms with E-state index in [1.165, 1.54) is 0 Å². The van der Waals surface area contributed by atoms with Crippen LogP contribution in [0.2, 0.25) is 5.02 Å². The first-order chi connectivity index (χ1) is 9.65. The van der Waals surface area contributed by atoms with Crippen LogP contribution in [0.1, 0.15) is 0 Å². The molecule has 1 aromatic carbocycles. The Hall–Kier alpha value is -2.44. The Morgan fingerprint density at radius 1 is 1.24 bits per heavy atom. The predicted octanol–water partition coefficient (Wildman–Crippen LogP) is 2.01. The zero-order chi connectivity index (χ0) is 14.1. The van der Waals surface area contributed by atoms with Crippen LogP contribution in [0.15, 0.2) is 42.6 Å². The zero-order valence-corrected chi connectivity index (χ0v) is 11.6. The molecule has 0 bridgehead atoms. The van der Waals surface area contributed by atoms with E-state index in [1.54, 1.807) is 35.0 Å². The van der Waals surface area contributed by atoms with Crippen LogP contribution >= 0.6 is 11.6 Å². The summed E-state index contributed by atoms with van der Waals surface area (Å²) in [4.78, 5) is 19.6. The fourth-order valence-electron chi connectivity index (χ4n) is 2.07. The Bertz CT molecular complexity index is 784. The normalized spacial score (nSPS) is 10.3. The molecule has 3 aromatic rings. The number of carboxylic acids is 1. The van der Waals surface area contributed by atoms with Crippen molar-refractivity contribution in [3.63, 3.8) is 0 Å². The minimum absolute atomic E-state index is 0. The first kappa shape index (κ1) is 15.0. The van der Waals surface area contributed by atoms with Gasteiger partial charge in [0.05, 0.1) is 5.52 Å². The predicted molar refractivity (Wildman–Crippen MR) is 79.2 cm³/mol. The smallest absolute Gasteiger partial charge is 0.323 e. The number of pyridine rings is 1. The van der Waals surface area contributed by atoms with E-state index in [2.05, 4.69) is 9.97 Å². The van der Waals surface area contributed by atoms with Crippen LogP contribution in [-0.2, 0) is 11.3 Å². The number of hydrogen-bond acceptors (Lipinski definition) is 3. The second-order valence-electron chi connectivity index (χ2n) is 4.27. The summed E-state index contributed by atoms with van der Waals surface area (Å²) >= 11 is 5.87. The van der Waals surface area contributed by atoms with Gasteiger partial charge >= 0.3 is 5.97 Å². The van der Waals surface area contributed by atoms with Gasteiger partial charge in [0.1, 0.15) is 12.4 Å². The van der Waals surface area contributed by atoms with Crippen molar-refractivity contribution in [1.82, 2.24) is 14.5 Å². The number of carboxylic acid groups (broad SMARTS) is 1. The summed E-state index contributed by atoms with van der Waals surface area (Å²) < 4.78 is 1.63. The molecule has 108 valence electrons. The summed E-state index contributed by atoms with van der Waals surface area (Å²) in [6.45, 7) is -0.167. The first-order valence-electron chi connectivity index (χ1n) is 5.94. The van der Waals surface area contributed by atoms with E-state index in [0.717, 1.165) is 5.56 Å². The van der Waals surface area contributed by atoms with Crippen LogP contribution in [-0.4, -0.2) is 31.1 Å². The Morgan fingerprint density at radius 3 is 2.62 bits per heavy atom. The highest BCUT2D eigenvalue weighted by atomic mass is 35.5. The highest BCUT2D eigenvalue weighted by Gasteiger charge is 2.15. The fraction of sp³-hybridized carbons (Fsp3) is 0.0714. The molecule has 0 aliphatic carbocycles. The van der Waals surface area contributed by atoms with Gasteiger partial charge < -0.3 is 15.1 Å². The van der Waals surface area contributed by atoms with E-state index < -0.39 is 5.97 Å². The summed E-state index contributed by atoms with van der Waals surface area (Å²) in [7, 11) is 0. The van der Waals surface area contributed by atoms with Crippen molar-refractivity contribution < 1.29 is 15.4 Å². The Kier molecular flexibility index (Phi) is 4.21. The number of halogens is 1. The van der Waals surface area contributed by atoms with Crippen LogP contribution in [0.4, 0.5) is 0 Å². The number of rotatable bonds is 3. The van der Waals surface area contributed by atoms with Gasteiger partial charge in [0.25, 0.3) is 0 Å². The van der Waals surface area contributed by atoms with E-state index in [1.807, 2.05) is 12.1 Å². The summed E-state index contributed by atoms with van der Waals surface area (Å²) in [5, 5.41) is 9.69. The van der Waals surface area contributed by atoms with Gasteiger partial charge in [0.2, 0.25) is 0 Å².